The first kappa shape index (κ1) is 21.9. The molecule has 0 radical (unpaired) electrons. The Bertz CT molecular complexity index is 3860. The highest BCUT2D eigenvalue weighted by atomic mass is 16.3. The van der Waals surface area contributed by atoms with Gasteiger partial charge in [0, 0.05) is 38.2 Å². The number of benzene rings is 8. The molecule has 0 aliphatic rings. The maximum absolute atomic E-state index is 9.79. The SMILES string of the molecule is [2H]c1c([2H])c([2H])c(-c2c([2H])c([2H])c3c(c2[2H])c2c([2H])c([2H])c([2H])c([2H])c2n3-c2cc(-c3cccc4oc5ccccc5c34)ccc2-c2nc(-c3ccccc3)nc(-c3ccccc3)n2)c([2H])c1[2H]. The predicted octanol–water partition coefficient (Wildman–Crippen LogP) is 13.2. The van der Waals surface area contributed by atoms with E-state index in [2.05, 4.69) is 0 Å². The van der Waals surface area contributed by atoms with Gasteiger partial charge in [0.1, 0.15) is 11.2 Å². The highest BCUT2D eigenvalue weighted by molar-refractivity contribution is 6.13. The molecule has 0 fully saturated rings. The Labute approximate surface area is 339 Å². The van der Waals surface area contributed by atoms with Crippen LogP contribution in [0.25, 0.3) is 106 Å². The predicted molar refractivity (Wildman–Crippen MR) is 229 cm³/mol. The zero-order valence-corrected chi connectivity index (χ0v) is 29.2. The molecule has 0 spiro atoms. The van der Waals surface area contributed by atoms with Crippen LogP contribution in [-0.4, -0.2) is 19.5 Å². The summed E-state index contributed by atoms with van der Waals surface area (Å²) in [7, 11) is 0. The van der Waals surface area contributed by atoms with Crippen molar-refractivity contribution in [2.75, 3.05) is 0 Å². The van der Waals surface area contributed by atoms with E-state index in [1.807, 2.05) is 109 Å². The smallest absolute Gasteiger partial charge is 0.166 e. The molecule has 0 N–H and O–H groups in total. The van der Waals surface area contributed by atoms with Crippen molar-refractivity contribution in [2.45, 2.75) is 0 Å². The summed E-state index contributed by atoms with van der Waals surface area (Å²) < 4.78 is 116. The molecular weight excluding hydrogens is 685 g/mol. The number of hydrogen-bond donors (Lipinski definition) is 0. The summed E-state index contributed by atoms with van der Waals surface area (Å²) in [6.45, 7) is 0. The minimum Gasteiger partial charge on any atom is -0.456 e. The Morgan fingerprint density at radius 1 is 0.429 bits per heavy atom. The van der Waals surface area contributed by atoms with E-state index >= 15 is 0 Å². The molecule has 262 valence electrons. The van der Waals surface area contributed by atoms with Crippen molar-refractivity contribution in [3.8, 4) is 62.1 Å². The van der Waals surface area contributed by atoms with Crippen molar-refractivity contribution in [2.24, 2.45) is 0 Å². The van der Waals surface area contributed by atoms with Crippen molar-refractivity contribution >= 4 is 43.7 Å². The molecule has 5 heteroatoms. The molecule has 0 saturated heterocycles. The minimum absolute atomic E-state index is 0.142. The summed E-state index contributed by atoms with van der Waals surface area (Å²) in [5.74, 6) is 0.811. The second kappa shape index (κ2) is 13.0. The number of aromatic nitrogens is 4. The van der Waals surface area contributed by atoms with E-state index < -0.39 is 83.6 Å². The average Bonchev–Trinajstić information content (AvgIpc) is 3.94. The van der Waals surface area contributed by atoms with Crippen molar-refractivity contribution in [3.63, 3.8) is 0 Å². The Morgan fingerprint density at radius 3 is 1.88 bits per heavy atom. The number of rotatable bonds is 6. The minimum atomic E-state index is -0.709. The van der Waals surface area contributed by atoms with Crippen LogP contribution in [-0.2, 0) is 0 Å². The summed E-state index contributed by atoms with van der Waals surface area (Å²) in [6.07, 6.45) is 0. The average molecular weight is 729 g/mol. The van der Waals surface area contributed by atoms with Crippen molar-refractivity contribution in [1.82, 2.24) is 19.5 Å². The van der Waals surface area contributed by atoms with Crippen molar-refractivity contribution in [3.05, 3.63) is 194 Å². The normalized spacial score (nSPS) is 14.6. The third kappa shape index (κ3) is 5.29. The Morgan fingerprint density at radius 2 is 1.09 bits per heavy atom. The van der Waals surface area contributed by atoms with E-state index in [-0.39, 0.29) is 33.3 Å². The molecular formula is C51H32N4O. The summed E-state index contributed by atoms with van der Waals surface area (Å²) in [5, 5.41) is 1.27. The van der Waals surface area contributed by atoms with E-state index in [0.29, 0.717) is 45.1 Å². The molecule has 0 atom stereocenters. The molecule has 0 unspecified atom stereocenters. The fourth-order valence-corrected chi connectivity index (χ4v) is 7.27. The van der Waals surface area contributed by atoms with E-state index in [0.717, 1.165) is 16.3 Å². The van der Waals surface area contributed by atoms with Crippen LogP contribution >= 0.6 is 0 Å². The highest BCUT2D eigenvalue weighted by Crippen LogP contribution is 2.42. The Hall–Kier alpha value is -7.63. The van der Waals surface area contributed by atoms with E-state index in [9.17, 15) is 6.85 Å². The fraction of sp³-hybridized carbons (Fsp3) is 0. The van der Waals surface area contributed by atoms with Crippen LogP contribution in [0.1, 0.15) is 16.4 Å². The lowest BCUT2D eigenvalue weighted by atomic mass is 9.97. The monoisotopic (exact) mass is 728 g/mol. The van der Waals surface area contributed by atoms with Crippen LogP contribution in [0.4, 0.5) is 0 Å². The summed E-state index contributed by atoms with van der Waals surface area (Å²) in [4.78, 5) is 14.9. The van der Waals surface area contributed by atoms with Gasteiger partial charge < -0.3 is 8.98 Å². The second-order valence-corrected chi connectivity index (χ2v) is 13.1. The molecule has 11 aromatic rings. The topological polar surface area (TPSA) is 56.7 Å². The molecule has 0 aliphatic heterocycles. The van der Waals surface area contributed by atoms with Gasteiger partial charge in [-0.25, -0.2) is 15.0 Å². The first-order valence-electron chi connectivity index (χ1n) is 23.8. The molecule has 0 amide bonds. The quantitative estimate of drug-likeness (QED) is 0.171. The van der Waals surface area contributed by atoms with Gasteiger partial charge in [-0.1, -0.05) is 151 Å². The van der Waals surface area contributed by atoms with Crippen molar-refractivity contribution in [1.29, 1.82) is 0 Å². The van der Waals surface area contributed by atoms with Gasteiger partial charge in [-0.2, -0.15) is 0 Å². The maximum atomic E-state index is 9.79. The van der Waals surface area contributed by atoms with Gasteiger partial charge >= 0.3 is 0 Å². The van der Waals surface area contributed by atoms with Crippen LogP contribution < -0.4 is 0 Å². The lowest BCUT2D eigenvalue weighted by molar-refractivity contribution is 0.669. The third-order valence-corrected chi connectivity index (χ3v) is 9.80. The Kier molecular flexibility index (Phi) is 5.10. The van der Waals surface area contributed by atoms with Gasteiger partial charge in [-0.3, -0.25) is 0 Å². The summed E-state index contributed by atoms with van der Waals surface area (Å²) >= 11 is 0. The molecule has 0 bridgehead atoms. The standard InChI is InChI=1S/C51H32N4O/c1-4-15-33(16-5-1)36-28-30-44-42(31-36)39-21-10-12-24-43(39)55(44)45-32-37(38-23-14-26-47-48(38)41-22-11-13-25-46(41)56-47)27-29-40(45)51-53-49(34-17-6-2-7-18-34)52-50(54-51)35-19-8-3-9-20-35/h1-32H/i1D,4D,5D,10D,12D,15D,16D,21D,24D,28D,30D,31D. The summed E-state index contributed by atoms with van der Waals surface area (Å²) in [6, 6.07) is 29.7. The van der Waals surface area contributed by atoms with Crippen LogP contribution in [0.5, 0.6) is 0 Å². The molecule has 3 aromatic heterocycles. The molecule has 3 heterocycles. The van der Waals surface area contributed by atoms with Crippen molar-refractivity contribution < 1.29 is 20.9 Å². The fourth-order valence-electron chi connectivity index (χ4n) is 7.27. The number of nitrogens with zero attached hydrogens (tertiary/aromatic N) is 4. The number of furan rings is 1. The number of hydrogen-bond acceptors (Lipinski definition) is 4. The first-order valence-corrected chi connectivity index (χ1v) is 17.8. The van der Waals surface area contributed by atoms with Crippen LogP contribution in [0.3, 0.4) is 0 Å². The van der Waals surface area contributed by atoms with Gasteiger partial charge in [-0.05, 0) is 64.6 Å². The molecule has 5 nitrogen and oxygen atoms in total. The van der Waals surface area contributed by atoms with Crippen LogP contribution in [0.2, 0.25) is 0 Å². The van der Waals surface area contributed by atoms with E-state index in [1.54, 1.807) is 12.1 Å². The van der Waals surface area contributed by atoms with Crippen LogP contribution in [0, 0.1) is 0 Å². The van der Waals surface area contributed by atoms with E-state index in [1.165, 1.54) is 4.57 Å². The van der Waals surface area contributed by atoms with Crippen LogP contribution in [0.15, 0.2) is 198 Å². The van der Waals surface area contributed by atoms with E-state index in [4.69, 9.17) is 29.0 Å². The number of fused-ring (bicyclic) bond motifs is 6. The van der Waals surface area contributed by atoms with Gasteiger partial charge in [0.05, 0.1) is 33.2 Å². The molecule has 0 saturated carbocycles. The number of para-hydroxylation sites is 2. The largest absolute Gasteiger partial charge is 0.456 e. The third-order valence-electron chi connectivity index (χ3n) is 9.80. The molecule has 8 aromatic carbocycles. The molecule has 0 aliphatic carbocycles. The van der Waals surface area contributed by atoms with Gasteiger partial charge in [0.2, 0.25) is 0 Å². The zero-order chi connectivity index (χ0) is 47.4. The van der Waals surface area contributed by atoms with Gasteiger partial charge in [0.25, 0.3) is 0 Å². The Balaban J connectivity index is 1.33. The highest BCUT2D eigenvalue weighted by Gasteiger charge is 2.22. The first-order chi connectivity index (χ1) is 32.8. The van der Waals surface area contributed by atoms with Gasteiger partial charge in [-0.15, -0.1) is 0 Å². The molecule has 11 rings (SSSR count). The molecule has 56 heavy (non-hydrogen) atoms. The zero-order valence-electron chi connectivity index (χ0n) is 41.2. The lowest BCUT2D eigenvalue weighted by Gasteiger charge is -2.17. The lowest BCUT2D eigenvalue weighted by Crippen LogP contribution is -2.04. The maximum Gasteiger partial charge on any atom is 0.166 e. The van der Waals surface area contributed by atoms with Gasteiger partial charge in [0.15, 0.2) is 17.5 Å². The second-order valence-electron chi connectivity index (χ2n) is 13.1. The summed E-state index contributed by atoms with van der Waals surface area (Å²) in [5.41, 5.74) is 3.29.